The molecule has 0 atom stereocenters. The van der Waals surface area contributed by atoms with E-state index in [4.69, 9.17) is 6.57 Å². The molecular formula is C10H17N. The molecule has 0 aromatic carbocycles. The van der Waals surface area contributed by atoms with Crippen LogP contribution in [0, 0.1) is 6.57 Å². The van der Waals surface area contributed by atoms with Crippen molar-refractivity contribution in [2.24, 2.45) is 0 Å². The van der Waals surface area contributed by atoms with Gasteiger partial charge in [-0.05, 0) is 20.3 Å². The normalized spacial score (nSPS) is 10.5. The van der Waals surface area contributed by atoms with E-state index in [1.54, 1.807) is 0 Å². The van der Waals surface area contributed by atoms with Crippen LogP contribution >= 0.6 is 0 Å². The number of nitrogens with zero attached hydrogens (tertiary/aromatic N) is 1. The van der Waals surface area contributed by atoms with Gasteiger partial charge < -0.3 is 4.85 Å². The van der Waals surface area contributed by atoms with Crippen molar-refractivity contribution < 1.29 is 0 Å². The number of hydrogen-bond acceptors (Lipinski definition) is 0. The van der Waals surface area contributed by atoms with Gasteiger partial charge in [0.05, 0.1) is 0 Å². The van der Waals surface area contributed by atoms with E-state index in [0.717, 1.165) is 12.8 Å². The Morgan fingerprint density at radius 2 is 2.00 bits per heavy atom. The van der Waals surface area contributed by atoms with Crippen LogP contribution in [-0.4, -0.2) is 5.54 Å². The molecule has 11 heavy (non-hydrogen) atoms. The Bertz CT molecular complexity index is 178. The molecule has 0 aliphatic rings. The minimum absolute atomic E-state index is 0.175. The van der Waals surface area contributed by atoms with Crippen LogP contribution in [0.4, 0.5) is 0 Å². The Kier molecular flexibility index (Phi) is 3.89. The molecule has 0 aliphatic heterocycles. The van der Waals surface area contributed by atoms with Crippen LogP contribution in [0.2, 0.25) is 0 Å². The van der Waals surface area contributed by atoms with Crippen molar-refractivity contribution >= 4 is 0 Å². The summed E-state index contributed by atoms with van der Waals surface area (Å²) in [6, 6.07) is 0. The third-order valence-electron chi connectivity index (χ3n) is 1.61. The molecule has 1 heteroatoms. The molecule has 0 N–H and O–H groups in total. The SMILES string of the molecule is [C-]#[N+]C(C)(C)CCC=C(C)C. The van der Waals surface area contributed by atoms with Gasteiger partial charge >= 0.3 is 0 Å². The summed E-state index contributed by atoms with van der Waals surface area (Å²) in [5.41, 5.74) is 1.16. The Labute approximate surface area is 69.9 Å². The molecule has 0 aliphatic carbocycles. The number of rotatable bonds is 3. The molecule has 0 radical (unpaired) electrons. The summed E-state index contributed by atoms with van der Waals surface area (Å²) in [7, 11) is 0. The zero-order chi connectivity index (χ0) is 8.91. The van der Waals surface area contributed by atoms with E-state index in [1.165, 1.54) is 5.57 Å². The zero-order valence-corrected chi connectivity index (χ0v) is 7.94. The van der Waals surface area contributed by atoms with Crippen molar-refractivity contribution in [3.63, 3.8) is 0 Å². The Balaban J connectivity index is 3.74. The summed E-state index contributed by atoms with van der Waals surface area (Å²) in [6.45, 7) is 15.0. The number of hydrogen-bond donors (Lipinski definition) is 0. The van der Waals surface area contributed by atoms with Gasteiger partial charge in [-0.15, -0.1) is 0 Å². The summed E-state index contributed by atoms with van der Waals surface area (Å²) < 4.78 is 0. The molecule has 0 fully saturated rings. The lowest BCUT2D eigenvalue weighted by molar-refractivity contribution is 0.562. The highest BCUT2D eigenvalue weighted by Gasteiger charge is 2.20. The average molecular weight is 151 g/mol. The average Bonchev–Trinajstić information content (AvgIpc) is 1.87. The molecule has 0 amide bonds. The highest BCUT2D eigenvalue weighted by atomic mass is 14.8. The minimum Gasteiger partial charge on any atom is -0.311 e. The third-order valence-corrected chi connectivity index (χ3v) is 1.61. The molecule has 0 saturated carbocycles. The molecular weight excluding hydrogens is 134 g/mol. The quantitative estimate of drug-likeness (QED) is 0.430. The highest BCUT2D eigenvalue weighted by molar-refractivity contribution is 4.97. The van der Waals surface area contributed by atoms with Gasteiger partial charge in [0.25, 0.3) is 0 Å². The fourth-order valence-electron chi connectivity index (χ4n) is 0.770. The van der Waals surface area contributed by atoms with Crippen LogP contribution in [0.25, 0.3) is 4.85 Å². The van der Waals surface area contributed by atoms with Gasteiger partial charge in [-0.25, -0.2) is 6.57 Å². The maximum atomic E-state index is 6.90. The van der Waals surface area contributed by atoms with Crippen molar-refractivity contribution in [1.82, 2.24) is 0 Å². The van der Waals surface area contributed by atoms with Crippen LogP contribution in [-0.2, 0) is 0 Å². The summed E-state index contributed by atoms with van der Waals surface area (Å²) in [4.78, 5) is 3.54. The van der Waals surface area contributed by atoms with Crippen molar-refractivity contribution in [2.75, 3.05) is 0 Å². The van der Waals surface area contributed by atoms with Crippen LogP contribution < -0.4 is 0 Å². The number of allylic oxidation sites excluding steroid dienone is 2. The van der Waals surface area contributed by atoms with Gasteiger partial charge in [-0.2, -0.15) is 0 Å². The molecule has 0 aromatic heterocycles. The fraction of sp³-hybridized carbons (Fsp3) is 0.700. The first-order valence-corrected chi connectivity index (χ1v) is 4.00. The van der Waals surface area contributed by atoms with Crippen molar-refractivity contribution in [3.8, 4) is 0 Å². The van der Waals surface area contributed by atoms with Gasteiger partial charge in [-0.3, -0.25) is 0 Å². The monoisotopic (exact) mass is 151 g/mol. The Morgan fingerprint density at radius 3 is 2.36 bits per heavy atom. The molecule has 0 spiro atoms. The summed E-state index contributed by atoms with van der Waals surface area (Å²) in [5, 5.41) is 0. The van der Waals surface area contributed by atoms with Gasteiger partial charge in [0.1, 0.15) is 0 Å². The van der Waals surface area contributed by atoms with Crippen molar-refractivity contribution in [2.45, 2.75) is 46.1 Å². The molecule has 62 valence electrons. The molecule has 0 aromatic rings. The second-order valence-electron chi connectivity index (χ2n) is 3.74. The second-order valence-corrected chi connectivity index (χ2v) is 3.74. The maximum absolute atomic E-state index is 6.90. The lowest BCUT2D eigenvalue weighted by atomic mass is 9.99. The summed E-state index contributed by atoms with van der Waals surface area (Å²) in [5.74, 6) is 0. The molecule has 0 heterocycles. The van der Waals surface area contributed by atoms with Crippen LogP contribution in [0.3, 0.4) is 0 Å². The molecule has 0 rings (SSSR count). The molecule has 1 nitrogen and oxygen atoms in total. The van der Waals surface area contributed by atoms with E-state index in [-0.39, 0.29) is 5.54 Å². The van der Waals surface area contributed by atoms with E-state index < -0.39 is 0 Å². The summed E-state index contributed by atoms with van der Waals surface area (Å²) in [6.07, 6.45) is 4.17. The molecule has 0 saturated heterocycles. The minimum atomic E-state index is -0.175. The van der Waals surface area contributed by atoms with E-state index in [0.29, 0.717) is 0 Å². The third kappa shape index (κ3) is 5.66. The van der Waals surface area contributed by atoms with Crippen LogP contribution in [0.5, 0.6) is 0 Å². The summed E-state index contributed by atoms with van der Waals surface area (Å²) >= 11 is 0. The Hall–Kier alpha value is -0.770. The van der Waals surface area contributed by atoms with Crippen LogP contribution in [0.15, 0.2) is 11.6 Å². The van der Waals surface area contributed by atoms with E-state index >= 15 is 0 Å². The first-order chi connectivity index (χ1) is 4.98. The zero-order valence-electron chi connectivity index (χ0n) is 7.94. The van der Waals surface area contributed by atoms with Gasteiger partial charge in [0, 0.05) is 20.3 Å². The van der Waals surface area contributed by atoms with Gasteiger partial charge in [-0.1, -0.05) is 11.6 Å². The van der Waals surface area contributed by atoms with Crippen molar-refractivity contribution in [1.29, 1.82) is 0 Å². The van der Waals surface area contributed by atoms with Gasteiger partial charge in [0.15, 0.2) is 0 Å². The van der Waals surface area contributed by atoms with E-state index in [1.807, 2.05) is 13.8 Å². The topological polar surface area (TPSA) is 4.36 Å². The second kappa shape index (κ2) is 4.18. The molecule has 0 unspecified atom stereocenters. The standard InChI is InChI=1S/C10H17N/c1-9(2)7-6-8-10(3,4)11-5/h7H,6,8H2,1-4H3. The largest absolute Gasteiger partial charge is 0.311 e. The smallest absolute Gasteiger partial charge is 0.227 e. The van der Waals surface area contributed by atoms with Crippen molar-refractivity contribution in [3.05, 3.63) is 23.1 Å². The maximum Gasteiger partial charge on any atom is 0.227 e. The first-order valence-electron chi connectivity index (χ1n) is 4.00. The van der Waals surface area contributed by atoms with E-state index in [2.05, 4.69) is 24.8 Å². The predicted octanol–water partition coefficient (Wildman–Crippen LogP) is 3.43. The predicted molar refractivity (Wildman–Crippen MR) is 49.3 cm³/mol. The van der Waals surface area contributed by atoms with E-state index in [9.17, 15) is 0 Å². The highest BCUT2D eigenvalue weighted by Crippen LogP contribution is 2.16. The van der Waals surface area contributed by atoms with Gasteiger partial charge in [0.2, 0.25) is 5.54 Å². The van der Waals surface area contributed by atoms with Crippen LogP contribution in [0.1, 0.15) is 40.5 Å². The fourth-order valence-corrected chi connectivity index (χ4v) is 0.770. The Morgan fingerprint density at radius 1 is 1.45 bits per heavy atom. The lowest BCUT2D eigenvalue weighted by Gasteiger charge is -2.08. The molecule has 0 bridgehead atoms. The lowest BCUT2D eigenvalue weighted by Crippen LogP contribution is -2.12. The first kappa shape index (κ1) is 10.2.